The Bertz CT molecular complexity index is 3120. The van der Waals surface area contributed by atoms with Gasteiger partial charge in [0.15, 0.2) is 0 Å². The van der Waals surface area contributed by atoms with Gasteiger partial charge in [0.05, 0.1) is 18.9 Å². The summed E-state index contributed by atoms with van der Waals surface area (Å²) in [5, 5.41) is 8.70. The van der Waals surface area contributed by atoms with Gasteiger partial charge in [-0.1, -0.05) is 169 Å². The minimum absolute atomic E-state index is 0.0398. The van der Waals surface area contributed by atoms with Crippen molar-refractivity contribution in [2.24, 2.45) is 11.8 Å². The third-order valence-electron chi connectivity index (χ3n) is 16.5. The minimum atomic E-state index is -1.17. The smallest absolute Gasteiger partial charge is 0.410 e. The van der Waals surface area contributed by atoms with E-state index in [1.54, 1.807) is 58.5 Å². The highest BCUT2D eigenvalue weighted by atomic mass is 28.3. The molecule has 4 N–H and O–H groups in total. The molecule has 2 fully saturated rings. The lowest BCUT2D eigenvalue weighted by Crippen LogP contribution is -2.60. The van der Waals surface area contributed by atoms with E-state index in [0.29, 0.717) is 38.1 Å². The Morgan fingerprint density at radius 3 is 1.14 bits per heavy atom. The van der Waals surface area contributed by atoms with Crippen molar-refractivity contribution in [3.8, 4) is 0 Å². The van der Waals surface area contributed by atoms with E-state index in [-0.39, 0.29) is 62.0 Å². The molecule has 4 aromatic carbocycles. The number of nitrogens with zero attached hydrogens (tertiary/aromatic N) is 5. The largest absolute Gasteiger partial charge is 0.461 e. The third-order valence-corrected chi connectivity index (χ3v) is 18.0. The van der Waals surface area contributed by atoms with Crippen LogP contribution in [0.3, 0.4) is 0 Å². The third kappa shape index (κ3) is 29.2. The lowest BCUT2D eigenvalue weighted by molar-refractivity contribution is -0.151. The molecule has 6 rings (SSSR count). The lowest BCUT2D eigenvalue weighted by atomic mass is 9.98. The van der Waals surface area contributed by atoms with E-state index < -0.39 is 85.8 Å². The van der Waals surface area contributed by atoms with Crippen molar-refractivity contribution < 1.29 is 57.4 Å². The second-order valence-corrected chi connectivity index (χ2v) is 34.1. The highest BCUT2D eigenvalue weighted by Crippen LogP contribution is 2.22. The number of ether oxygens (including phenoxy) is 3. The van der Waals surface area contributed by atoms with Crippen molar-refractivity contribution in [1.29, 1.82) is 0 Å². The van der Waals surface area contributed by atoms with Crippen LogP contribution in [0.5, 0.6) is 0 Å². The van der Waals surface area contributed by atoms with Crippen molar-refractivity contribution in [3.05, 3.63) is 144 Å². The van der Waals surface area contributed by atoms with Gasteiger partial charge in [0, 0.05) is 59.3 Å². The molecule has 6 atom stereocenters. The normalized spacial score (nSPS) is 15.2. The van der Waals surface area contributed by atoms with Crippen molar-refractivity contribution in [2.45, 2.75) is 214 Å². The van der Waals surface area contributed by atoms with Gasteiger partial charge in [0.1, 0.15) is 57.3 Å². The Balaban J connectivity index is 0.000000373. The molecule has 2 aliphatic rings. The van der Waals surface area contributed by atoms with Crippen molar-refractivity contribution >= 4 is 61.7 Å². The van der Waals surface area contributed by atoms with Crippen LogP contribution in [0.1, 0.15) is 143 Å². The molecule has 0 aliphatic carbocycles. The van der Waals surface area contributed by atoms with E-state index in [2.05, 4.69) is 61.3 Å². The van der Waals surface area contributed by atoms with Crippen LogP contribution in [0.2, 0.25) is 19.6 Å². The summed E-state index contributed by atoms with van der Waals surface area (Å²) in [6.07, 6.45) is 4.82. The fourth-order valence-electron chi connectivity index (χ4n) is 12.1. The fourth-order valence-corrected chi connectivity index (χ4v) is 14.3. The molecule has 2 unspecified atom stereocenters. The molecule has 540 valence electrons. The van der Waals surface area contributed by atoms with Gasteiger partial charge in [0.2, 0.25) is 35.4 Å². The molecule has 0 aromatic heterocycles. The molecule has 0 bridgehead atoms. The van der Waals surface area contributed by atoms with E-state index in [1.807, 2.05) is 135 Å². The van der Waals surface area contributed by atoms with Gasteiger partial charge >= 0.3 is 18.0 Å². The molecule has 0 spiro atoms. The summed E-state index contributed by atoms with van der Waals surface area (Å²) >= 11 is 0. The zero-order valence-corrected chi connectivity index (χ0v) is 62.6. The van der Waals surface area contributed by atoms with E-state index in [1.165, 1.54) is 28.8 Å². The number of benzene rings is 4. The predicted molar refractivity (Wildman–Crippen MR) is 386 cm³/mol. The maximum atomic E-state index is 14.2. The number of piperidine rings is 2. The van der Waals surface area contributed by atoms with Crippen molar-refractivity contribution in [2.75, 3.05) is 54.4 Å². The highest BCUT2D eigenvalue weighted by Gasteiger charge is 2.41. The summed E-state index contributed by atoms with van der Waals surface area (Å²) in [6, 6.07) is 31.8. The highest BCUT2D eigenvalue weighted by molar-refractivity contribution is 6.73. The van der Waals surface area contributed by atoms with Gasteiger partial charge in [-0.3, -0.25) is 43.3 Å². The summed E-state index contributed by atoms with van der Waals surface area (Å²) in [5.41, 5.74) is 2.97. The predicted octanol–water partition coefficient (Wildman–Crippen LogP) is 9.72. The van der Waals surface area contributed by atoms with Crippen molar-refractivity contribution in [1.82, 2.24) is 45.4 Å². The first-order chi connectivity index (χ1) is 46.1. The van der Waals surface area contributed by atoms with Crippen LogP contribution in [-0.2, 0) is 78.6 Å². The summed E-state index contributed by atoms with van der Waals surface area (Å²) in [6.45, 7) is 28.5. The van der Waals surface area contributed by atoms with Gasteiger partial charge in [0.25, 0.3) is 0 Å². The number of esters is 2. The van der Waals surface area contributed by atoms with Gasteiger partial charge in [-0.25, -0.2) is 4.79 Å². The van der Waals surface area contributed by atoms with Gasteiger partial charge in [-0.2, -0.15) is 0 Å². The number of carbonyl (C=O) groups is 9. The number of rotatable bonds is 27. The number of amides is 7. The number of carbonyl (C=O) groups excluding carboxylic acids is 9. The Morgan fingerprint density at radius 1 is 0.480 bits per heavy atom. The van der Waals surface area contributed by atoms with Crippen molar-refractivity contribution in [3.63, 3.8) is 0 Å². The second kappa shape index (κ2) is 40.2. The lowest BCUT2D eigenvalue weighted by Gasteiger charge is -2.37. The van der Waals surface area contributed by atoms with E-state index in [0.717, 1.165) is 60.8 Å². The van der Waals surface area contributed by atoms with E-state index >= 15 is 0 Å². The number of hydrogen-bond acceptors (Lipinski definition) is 14. The topological polar surface area (TPSA) is 246 Å². The van der Waals surface area contributed by atoms with Crippen LogP contribution in [-0.4, -0.2) is 188 Å². The number of likely N-dealkylation sites (tertiary alicyclic amines) is 2. The van der Waals surface area contributed by atoms with Crippen LogP contribution in [0.25, 0.3) is 0 Å². The Morgan fingerprint density at radius 2 is 0.827 bits per heavy atom. The monoisotopic (exact) mass is 1370 g/mol. The molecule has 98 heavy (non-hydrogen) atoms. The first-order valence-corrected chi connectivity index (χ1v) is 38.2. The zero-order chi connectivity index (χ0) is 72.9. The summed E-state index contributed by atoms with van der Waals surface area (Å²) < 4.78 is 16.5. The van der Waals surface area contributed by atoms with Gasteiger partial charge < -0.3 is 54.7 Å². The molecule has 2 heterocycles. The number of hydrogen-bond donors (Lipinski definition) is 4. The van der Waals surface area contributed by atoms with Crippen LogP contribution in [0, 0.1) is 11.8 Å². The first kappa shape index (κ1) is 82.5. The Labute approximate surface area is 585 Å². The van der Waals surface area contributed by atoms with Crippen LogP contribution in [0.4, 0.5) is 4.79 Å². The Kier molecular flexibility index (Phi) is 33.8. The minimum Gasteiger partial charge on any atom is -0.461 e. The summed E-state index contributed by atoms with van der Waals surface area (Å²) in [4.78, 5) is 133. The van der Waals surface area contributed by atoms with E-state index in [4.69, 9.17) is 14.2 Å². The summed E-state index contributed by atoms with van der Waals surface area (Å²) in [7, 11) is 5.31. The van der Waals surface area contributed by atoms with Crippen LogP contribution in [0.15, 0.2) is 121 Å². The molecular weight excluding hydrogens is 1260 g/mol. The quantitative estimate of drug-likeness (QED) is 0.0247. The molecule has 2 saturated heterocycles. The molecule has 4 aromatic rings. The fraction of sp³-hybridized carbons (Fsp3) is 0.566. The Hall–Kier alpha value is -7.95. The van der Waals surface area contributed by atoms with Gasteiger partial charge in [-0.05, 0) is 128 Å². The molecule has 0 saturated carbocycles. The maximum Gasteiger partial charge on any atom is 0.410 e. The molecule has 0 radical (unpaired) electrons. The maximum absolute atomic E-state index is 14.2. The molecule has 21 nitrogen and oxygen atoms in total. The second-order valence-electron chi connectivity index (χ2n) is 29.3. The average molecular weight is 1370 g/mol. The SMILES string of the molecule is CC(C)(C)N[Si](C)(C)C.CC(C)[C@@H](C(=O)N[C@@H](CC(=O)OCc1ccccc1)C(=O)N1CCCCC1)N(C)C(=O)C(Cc1ccccc1)N(C)C(=O)OC(C)(C)C.CNC(Cc1ccccc1)C(=O)N(C)[C@H](C(=O)N[C@@H](CC(=O)OCc1ccccc1)C(=O)N1CCCCC1)C(C)C. The standard InChI is InChI=1S/C37H52N4O7.C32H44N4O5.C7H19NSi/c1-26(2)32(40(7)35(45)30(23-27-17-11-8-12-18-27)39(6)36(46)48-37(3,4)5)33(43)38-29(34(44)41-21-15-10-16-22-41)24-31(42)47-25-28-19-13-9-14-20-28;1-23(2)29(35(4)31(39)26(33-3)20-24-14-8-5-9-15-24)30(38)34-27(32(40)36-18-12-7-13-19-36)21-28(37)41-22-25-16-10-6-11-17-25;1-7(2,3)8-9(4,5)6/h8-9,11-14,17-20,26,29-30,32H,10,15-16,21-25H2,1-7H3,(H,38,43);5-6,8-11,14-17,23,26-27,29,33H,7,12-13,18-22H2,1-4H3,(H,34,38);8H,1-6H3/t29-,30?,32-;26?,27-,29-;/m00./s1. The number of likely N-dealkylation sites (N-methyl/N-ethyl adjacent to an activating group) is 4. The van der Waals surface area contributed by atoms with Crippen LogP contribution >= 0.6 is 0 Å². The molecule has 22 heteroatoms. The van der Waals surface area contributed by atoms with Gasteiger partial charge in [-0.15, -0.1) is 0 Å². The van der Waals surface area contributed by atoms with E-state index in [9.17, 15) is 43.2 Å². The zero-order valence-electron chi connectivity index (χ0n) is 61.6. The average Bonchev–Trinajstić information content (AvgIpc) is 0.821. The van der Waals surface area contributed by atoms with Crippen LogP contribution < -0.4 is 20.9 Å². The molecular formula is C76H115N9O12Si. The molecule has 2 aliphatic heterocycles. The summed E-state index contributed by atoms with van der Waals surface area (Å²) in [5.74, 6) is -4.23. The molecule has 7 amide bonds. The first-order valence-electron chi connectivity index (χ1n) is 34.7. The number of nitrogens with one attached hydrogen (secondary N) is 4.